The second kappa shape index (κ2) is 4.55. The van der Waals surface area contributed by atoms with Crippen molar-refractivity contribution in [3.63, 3.8) is 0 Å². The predicted octanol–water partition coefficient (Wildman–Crippen LogP) is 0.168. The highest BCUT2D eigenvalue weighted by atomic mass is 32.2. The zero-order valence-electron chi connectivity index (χ0n) is 9.47. The molecule has 2 amide bonds. The summed E-state index contributed by atoms with van der Waals surface area (Å²) in [6.07, 6.45) is 0. The lowest BCUT2D eigenvalue weighted by molar-refractivity contribution is -0.140. The van der Waals surface area contributed by atoms with Gasteiger partial charge in [-0.05, 0) is 13.1 Å². The molecule has 0 aromatic rings. The Labute approximate surface area is 98.9 Å². The summed E-state index contributed by atoms with van der Waals surface area (Å²) in [6.45, 7) is 5.94. The molecule has 88 valence electrons. The van der Waals surface area contributed by atoms with Crippen LogP contribution in [0.4, 0.5) is 0 Å². The maximum atomic E-state index is 12.1. The molecular formula is C10H15N3O2S. The minimum absolute atomic E-state index is 0.108. The Bertz CT molecular complexity index is 352. The number of thioether (sulfide) groups is 1. The molecule has 6 heteroatoms. The highest BCUT2D eigenvalue weighted by molar-refractivity contribution is 8.14. The number of likely N-dealkylation sites (N-methyl/N-ethyl adjacent to an activating group) is 1. The van der Waals surface area contributed by atoms with Crippen LogP contribution in [0.15, 0.2) is 4.99 Å². The minimum atomic E-state index is -0.697. The van der Waals surface area contributed by atoms with E-state index in [1.54, 1.807) is 4.90 Å². The van der Waals surface area contributed by atoms with Crippen molar-refractivity contribution in [1.82, 2.24) is 9.80 Å². The Morgan fingerprint density at radius 3 is 2.75 bits per heavy atom. The average molecular weight is 241 g/mol. The molecule has 0 radical (unpaired) electrons. The zero-order valence-corrected chi connectivity index (χ0v) is 10.3. The van der Waals surface area contributed by atoms with E-state index in [4.69, 9.17) is 0 Å². The van der Waals surface area contributed by atoms with Gasteiger partial charge in [-0.25, -0.2) is 0 Å². The van der Waals surface area contributed by atoms with Gasteiger partial charge >= 0.3 is 0 Å². The standard InChI is InChI=1S/C10H15N3O2S/c1-3-12(4-2)7-8(14)11-10-13(9(7)15)5-6-16-10/h7H,3-6H2,1-2H3. The van der Waals surface area contributed by atoms with Gasteiger partial charge in [0.1, 0.15) is 0 Å². The first-order valence-electron chi connectivity index (χ1n) is 5.49. The fourth-order valence-electron chi connectivity index (χ4n) is 2.01. The number of amidine groups is 1. The number of hydrogen-bond donors (Lipinski definition) is 0. The summed E-state index contributed by atoms with van der Waals surface area (Å²) in [7, 11) is 0. The number of rotatable bonds is 3. The van der Waals surface area contributed by atoms with Gasteiger partial charge in [0.2, 0.25) is 0 Å². The van der Waals surface area contributed by atoms with Crippen LogP contribution in [0, 0.1) is 0 Å². The number of nitrogens with zero attached hydrogens (tertiary/aromatic N) is 3. The number of carbonyl (C=O) groups is 2. The van der Waals surface area contributed by atoms with Crippen LogP contribution in [0.5, 0.6) is 0 Å². The topological polar surface area (TPSA) is 53.0 Å². The van der Waals surface area contributed by atoms with E-state index in [9.17, 15) is 9.59 Å². The average Bonchev–Trinajstić information content (AvgIpc) is 2.72. The molecule has 2 aliphatic heterocycles. The van der Waals surface area contributed by atoms with Gasteiger partial charge in [0.05, 0.1) is 0 Å². The second-order valence-electron chi connectivity index (χ2n) is 3.69. The number of fused-ring (bicyclic) bond motifs is 1. The van der Waals surface area contributed by atoms with E-state index in [0.29, 0.717) is 24.8 Å². The fourth-order valence-corrected chi connectivity index (χ4v) is 2.96. The van der Waals surface area contributed by atoms with E-state index in [0.717, 1.165) is 5.75 Å². The van der Waals surface area contributed by atoms with Crippen molar-refractivity contribution in [3.8, 4) is 0 Å². The lowest BCUT2D eigenvalue weighted by Crippen LogP contribution is -2.55. The minimum Gasteiger partial charge on any atom is -0.289 e. The van der Waals surface area contributed by atoms with Gasteiger partial charge < -0.3 is 0 Å². The quantitative estimate of drug-likeness (QED) is 0.661. The van der Waals surface area contributed by atoms with E-state index in [-0.39, 0.29) is 11.8 Å². The van der Waals surface area contributed by atoms with Crippen molar-refractivity contribution in [2.45, 2.75) is 19.9 Å². The molecule has 0 aromatic heterocycles. The lowest BCUT2D eigenvalue weighted by atomic mass is 10.2. The molecule has 5 nitrogen and oxygen atoms in total. The zero-order chi connectivity index (χ0) is 11.7. The van der Waals surface area contributed by atoms with Gasteiger partial charge in [-0.15, -0.1) is 0 Å². The smallest absolute Gasteiger partial charge is 0.275 e. The summed E-state index contributed by atoms with van der Waals surface area (Å²) in [6, 6.07) is -0.697. The third-order valence-corrected chi connectivity index (χ3v) is 3.85. The Morgan fingerprint density at radius 2 is 2.12 bits per heavy atom. The van der Waals surface area contributed by atoms with Crippen LogP contribution < -0.4 is 0 Å². The molecular weight excluding hydrogens is 226 g/mol. The number of amides is 2. The number of hydrogen-bond acceptors (Lipinski definition) is 4. The summed E-state index contributed by atoms with van der Waals surface area (Å²) < 4.78 is 0. The summed E-state index contributed by atoms with van der Waals surface area (Å²) in [5.41, 5.74) is 0. The molecule has 0 aliphatic carbocycles. The lowest BCUT2D eigenvalue weighted by Gasteiger charge is -2.32. The Morgan fingerprint density at radius 1 is 1.44 bits per heavy atom. The van der Waals surface area contributed by atoms with Crippen LogP contribution in [0.25, 0.3) is 0 Å². The van der Waals surface area contributed by atoms with E-state index in [1.807, 2.05) is 18.7 Å². The van der Waals surface area contributed by atoms with Gasteiger partial charge in [0, 0.05) is 12.3 Å². The third kappa shape index (κ3) is 1.76. The first kappa shape index (κ1) is 11.6. The fraction of sp³-hybridized carbons (Fsp3) is 0.700. The molecule has 1 unspecified atom stereocenters. The molecule has 0 saturated carbocycles. The van der Waals surface area contributed by atoms with Crippen molar-refractivity contribution in [2.24, 2.45) is 4.99 Å². The highest BCUT2D eigenvalue weighted by Gasteiger charge is 2.42. The van der Waals surface area contributed by atoms with E-state index in [1.165, 1.54) is 11.8 Å². The molecule has 2 aliphatic rings. The molecule has 16 heavy (non-hydrogen) atoms. The predicted molar refractivity (Wildman–Crippen MR) is 63.3 cm³/mol. The van der Waals surface area contributed by atoms with Gasteiger partial charge in [-0.3, -0.25) is 19.4 Å². The third-order valence-electron chi connectivity index (χ3n) is 2.89. The number of carbonyl (C=O) groups excluding carboxylic acids is 2. The van der Waals surface area contributed by atoms with Crippen LogP contribution in [-0.2, 0) is 9.59 Å². The van der Waals surface area contributed by atoms with Crippen molar-refractivity contribution < 1.29 is 9.59 Å². The summed E-state index contributed by atoms with van der Waals surface area (Å²) in [4.78, 5) is 31.4. The second-order valence-corrected chi connectivity index (χ2v) is 4.76. The first-order valence-corrected chi connectivity index (χ1v) is 6.48. The van der Waals surface area contributed by atoms with Crippen LogP contribution in [-0.4, -0.2) is 58.2 Å². The van der Waals surface area contributed by atoms with Crippen LogP contribution in [0.1, 0.15) is 13.8 Å². The largest absolute Gasteiger partial charge is 0.289 e. The molecule has 1 saturated heterocycles. The Hall–Kier alpha value is -0.880. The van der Waals surface area contributed by atoms with Crippen LogP contribution in [0.2, 0.25) is 0 Å². The van der Waals surface area contributed by atoms with E-state index >= 15 is 0 Å². The van der Waals surface area contributed by atoms with E-state index < -0.39 is 6.04 Å². The maximum Gasteiger partial charge on any atom is 0.275 e. The molecule has 1 atom stereocenters. The van der Waals surface area contributed by atoms with Gasteiger partial charge in [-0.1, -0.05) is 25.6 Å². The normalized spacial score (nSPS) is 25.1. The van der Waals surface area contributed by atoms with Gasteiger partial charge in [0.25, 0.3) is 11.8 Å². The SMILES string of the molecule is CCN(CC)C1C(=O)N=C2SCCN2C1=O. The van der Waals surface area contributed by atoms with Crippen LogP contribution in [0.3, 0.4) is 0 Å². The summed E-state index contributed by atoms with van der Waals surface area (Å²) in [5.74, 6) is 0.418. The van der Waals surface area contributed by atoms with Crippen molar-refractivity contribution >= 4 is 28.7 Å². The number of aliphatic imine (C=N–C) groups is 1. The van der Waals surface area contributed by atoms with E-state index in [2.05, 4.69) is 4.99 Å². The maximum absolute atomic E-state index is 12.1. The Balaban J connectivity index is 2.28. The molecule has 0 N–H and O–H groups in total. The van der Waals surface area contributed by atoms with Gasteiger partial charge in [-0.2, -0.15) is 4.99 Å². The van der Waals surface area contributed by atoms with Crippen molar-refractivity contribution in [1.29, 1.82) is 0 Å². The summed E-state index contributed by atoms with van der Waals surface area (Å²) >= 11 is 1.48. The van der Waals surface area contributed by atoms with Crippen molar-refractivity contribution in [2.75, 3.05) is 25.4 Å². The Kier molecular flexibility index (Phi) is 3.30. The molecule has 2 heterocycles. The molecule has 1 fully saturated rings. The van der Waals surface area contributed by atoms with Crippen molar-refractivity contribution in [3.05, 3.63) is 0 Å². The van der Waals surface area contributed by atoms with Gasteiger partial charge in [0.15, 0.2) is 11.2 Å². The first-order chi connectivity index (χ1) is 7.69. The monoisotopic (exact) mass is 241 g/mol. The molecule has 0 aromatic carbocycles. The highest BCUT2D eigenvalue weighted by Crippen LogP contribution is 2.24. The van der Waals surface area contributed by atoms with Crippen LogP contribution >= 0.6 is 11.8 Å². The molecule has 0 spiro atoms. The summed E-state index contributed by atoms with van der Waals surface area (Å²) in [5, 5.41) is 0.582. The molecule has 2 rings (SSSR count). The molecule has 0 bridgehead atoms.